The van der Waals surface area contributed by atoms with Gasteiger partial charge in [0, 0.05) is 34.2 Å². The topological polar surface area (TPSA) is 41.6 Å². The van der Waals surface area contributed by atoms with Crippen LogP contribution in [0.5, 0.6) is 5.75 Å². The molecule has 6 heteroatoms. The number of carbonyl (C=O) groups is 1. The predicted molar refractivity (Wildman–Crippen MR) is 109 cm³/mol. The first-order chi connectivity index (χ1) is 12.5. The van der Waals surface area contributed by atoms with Crippen LogP contribution in [0.15, 0.2) is 53.4 Å². The molecular weight excluding hydrogens is 368 g/mol. The minimum atomic E-state index is 0.0493. The number of hydrogen-bond donors (Lipinski definition) is 1. The third kappa shape index (κ3) is 6.24. The van der Waals surface area contributed by atoms with Crippen molar-refractivity contribution in [1.29, 1.82) is 0 Å². The average molecular weight is 393 g/mol. The van der Waals surface area contributed by atoms with Crippen LogP contribution >= 0.6 is 23.4 Å². The van der Waals surface area contributed by atoms with Gasteiger partial charge in [0.2, 0.25) is 5.91 Å². The fourth-order valence-corrected chi connectivity index (χ4v) is 3.58. The molecule has 2 rings (SSSR count). The summed E-state index contributed by atoms with van der Waals surface area (Å²) in [5.74, 6) is 1.61. The van der Waals surface area contributed by atoms with Crippen LogP contribution in [-0.4, -0.2) is 44.3 Å². The molecule has 0 saturated heterocycles. The molecule has 2 aromatic rings. The van der Waals surface area contributed by atoms with Gasteiger partial charge in [-0.15, -0.1) is 11.8 Å². The number of nitrogens with one attached hydrogen (secondary N) is 1. The molecule has 4 nitrogen and oxygen atoms in total. The van der Waals surface area contributed by atoms with E-state index in [-0.39, 0.29) is 11.9 Å². The van der Waals surface area contributed by atoms with Gasteiger partial charge in [-0.25, -0.2) is 0 Å². The molecule has 0 aliphatic heterocycles. The first-order valence-electron chi connectivity index (χ1n) is 8.45. The molecule has 1 N–H and O–H groups in total. The molecule has 1 atom stereocenters. The Morgan fingerprint density at radius 3 is 2.54 bits per heavy atom. The van der Waals surface area contributed by atoms with Gasteiger partial charge in [0.05, 0.1) is 13.2 Å². The van der Waals surface area contributed by atoms with E-state index in [0.29, 0.717) is 13.0 Å². The van der Waals surface area contributed by atoms with E-state index in [9.17, 15) is 4.79 Å². The Morgan fingerprint density at radius 2 is 1.88 bits per heavy atom. The summed E-state index contributed by atoms with van der Waals surface area (Å²) in [6.45, 7) is 0.540. The lowest BCUT2D eigenvalue weighted by Crippen LogP contribution is -2.34. The van der Waals surface area contributed by atoms with Crippen LogP contribution in [-0.2, 0) is 4.79 Å². The van der Waals surface area contributed by atoms with Crippen molar-refractivity contribution in [2.45, 2.75) is 17.4 Å². The van der Waals surface area contributed by atoms with Crippen LogP contribution in [0, 0.1) is 0 Å². The molecule has 0 spiro atoms. The second kappa shape index (κ2) is 10.5. The van der Waals surface area contributed by atoms with E-state index in [2.05, 4.69) is 10.2 Å². The van der Waals surface area contributed by atoms with Crippen molar-refractivity contribution in [2.24, 2.45) is 0 Å². The highest BCUT2D eigenvalue weighted by Crippen LogP contribution is 2.27. The van der Waals surface area contributed by atoms with Crippen LogP contribution < -0.4 is 10.1 Å². The standard InChI is InChI=1S/C20H25ClN2O2S/c1-23(2)18(17-6-4-5-7-19(17)25-3)14-22-20(24)12-13-26-16-10-8-15(21)9-11-16/h4-11,18H,12-14H2,1-3H3,(H,22,24). The zero-order valence-corrected chi connectivity index (χ0v) is 16.9. The second-order valence-corrected chi connectivity index (χ2v) is 7.68. The fraction of sp³-hybridized carbons (Fsp3) is 0.350. The zero-order chi connectivity index (χ0) is 18.9. The summed E-state index contributed by atoms with van der Waals surface area (Å²) in [7, 11) is 5.66. The minimum absolute atomic E-state index is 0.0493. The van der Waals surface area contributed by atoms with Gasteiger partial charge in [0.1, 0.15) is 5.75 Å². The van der Waals surface area contributed by atoms with Gasteiger partial charge in [0.25, 0.3) is 0 Å². The van der Waals surface area contributed by atoms with Gasteiger partial charge in [-0.05, 0) is 44.4 Å². The summed E-state index contributed by atoms with van der Waals surface area (Å²) < 4.78 is 5.45. The van der Waals surface area contributed by atoms with Crippen molar-refractivity contribution in [2.75, 3.05) is 33.5 Å². The Balaban J connectivity index is 1.84. The highest BCUT2D eigenvalue weighted by atomic mass is 35.5. The monoisotopic (exact) mass is 392 g/mol. The van der Waals surface area contributed by atoms with E-state index in [1.165, 1.54) is 0 Å². The molecule has 1 unspecified atom stereocenters. The number of para-hydroxylation sites is 1. The average Bonchev–Trinajstić information content (AvgIpc) is 2.63. The minimum Gasteiger partial charge on any atom is -0.496 e. The van der Waals surface area contributed by atoms with Crippen LogP contribution in [0.2, 0.25) is 5.02 Å². The van der Waals surface area contributed by atoms with E-state index in [0.717, 1.165) is 27.0 Å². The first kappa shape index (κ1) is 20.6. The van der Waals surface area contributed by atoms with Crippen molar-refractivity contribution in [1.82, 2.24) is 10.2 Å². The SMILES string of the molecule is COc1ccccc1C(CNC(=O)CCSc1ccc(Cl)cc1)N(C)C. The number of nitrogens with zero attached hydrogens (tertiary/aromatic N) is 1. The van der Waals surface area contributed by atoms with Gasteiger partial charge in [0.15, 0.2) is 0 Å². The van der Waals surface area contributed by atoms with Gasteiger partial charge in [-0.1, -0.05) is 29.8 Å². The lowest BCUT2D eigenvalue weighted by Gasteiger charge is -2.26. The van der Waals surface area contributed by atoms with E-state index in [1.807, 2.05) is 62.6 Å². The number of rotatable bonds is 9. The summed E-state index contributed by atoms with van der Waals surface area (Å²) >= 11 is 7.53. The van der Waals surface area contributed by atoms with Crippen molar-refractivity contribution >= 4 is 29.3 Å². The lowest BCUT2D eigenvalue weighted by atomic mass is 10.0. The number of carbonyl (C=O) groups excluding carboxylic acids is 1. The summed E-state index contributed by atoms with van der Waals surface area (Å²) in [5.41, 5.74) is 1.07. The number of thioether (sulfide) groups is 1. The highest BCUT2D eigenvalue weighted by molar-refractivity contribution is 7.99. The Bertz CT molecular complexity index is 707. The highest BCUT2D eigenvalue weighted by Gasteiger charge is 2.18. The maximum absolute atomic E-state index is 12.2. The van der Waals surface area contributed by atoms with Gasteiger partial charge in [-0.3, -0.25) is 4.79 Å². The smallest absolute Gasteiger partial charge is 0.220 e. The maximum atomic E-state index is 12.2. The Labute approximate surface area is 164 Å². The van der Waals surface area contributed by atoms with E-state index >= 15 is 0 Å². The van der Waals surface area contributed by atoms with Crippen molar-refractivity contribution < 1.29 is 9.53 Å². The predicted octanol–water partition coefficient (Wildman–Crippen LogP) is 4.25. The second-order valence-electron chi connectivity index (χ2n) is 6.08. The summed E-state index contributed by atoms with van der Waals surface area (Å²) in [6.07, 6.45) is 0.472. The Kier molecular flexibility index (Phi) is 8.29. The molecular formula is C20H25ClN2O2S. The van der Waals surface area contributed by atoms with Gasteiger partial charge < -0.3 is 15.0 Å². The molecule has 0 aliphatic carbocycles. The molecule has 0 aromatic heterocycles. The Morgan fingerprint density at radius 1 is 1.19 bits per heavy atom. The van der Waals surface area contributed by atoms with Crippen LogP contribution in [0.3, 0.4) is 0 Å². The molecule has 0 fully saturated rings. The molecule has 0 heterocycles. The van der Waals surface area contributed by atoms with Gasteiger partial charge >= 0.3 is 0 Å². The van der Waals surface area contributed by atoms with Crippen LogP contribution in [0.1, 0.15) is 18.0 Å². The van der Waals surface area contributed by atoms with Gasteiger partial charge in [-0.2, -0.15) is 0 Å². The summed E-state index contributed by atoms with van der Waals surface area (Å²) in [5, 5.41) is 3.76. The molecule has 0 bridgehead atoms. The summed E-state index contributed by atoms with van der Waals surface area (Å²) in [6, 6.07) is 15.6. The molecule has 0 saturated carbocycles. The third-order valence-corrected chi connectivity index (χ3v) is 5.29. The van der Waals surface area contributed by atoms with Crippen molar-refractivity contribution in [3.8, 4) is 5.75 Å². The summed E-state index contributed by atoms with van der Waals surface area (Å²) in [4.78, 5) is 15.4. The maximum Gasteiger partial charge on any atom is 0.220 e. The molecule has 0 aliphatic rings. The first-order valence-corrected chi connectivity index (χ1v) is 9.82. The number of benzene rings is 2. The van der Waals surface area contributed by atoms with Crippen molar-refractivity contribution in [3.05, 3.63) is 59.1 Å². The van der Waals surface area contributed by atoms with E-state index < -0.39 is 0 Å². The van der Waals surface area contributed by atoms with E-state index in [1.54, 1.807) is 18.9 Å². The number of ether oxygens (including phenoxy) is 1. The molecule has 26 heavy (non-hydrogen) atoms. The number of amides is 1. The zero-order valence-electron chi connectivity index (χ0n) is 15.4. The molecule has 140 valence electrons. The largest absolute Gasteiger partial charge is 0.496 e. The number of halogens is 1. The molecule has 0 radical (unpaired) electrons. The lowest BCUT2D eigenvalue weighted by molar-refractivity contribution is -0.120. The number of methoxy groups -OCH3 is 1. The normalized spacial score (nSPS) is 12.0. The quantitative estimate of drug-likeness (QED) is 0.648. The van der Waals surface area contributed by atoms with Crippen LogP contribution in [0.25, 0.3) is 0 Å². The van der Waals surface area contributed by atoms with Crippen LogP contribution in [0.4, 0.5) is 0 Å². The third-order valence-electron chi connectivity index (χ3n) is 4.03. The molecule has 1 amide bonds. The van der Waals surface area contributed by atoms with E-state index in [4.69, 9.17) is 16.3 Å². The number of likely N-dealkylation sites (N-methyl/N-ethyl adjacent to an activating group) is 1. The number of hydrogen-bond acceptors (Lipinski definition) is 4. The molecule has 2 aromatic carbocycles. The fourth-order valence-electron chi connectivity index (χ4n) is 2.60. The Hall–Kier alpha value is -1.69. The van der Waals surface area contributed by atoms with Crippen molar-refractivity contribution in [3.63, 3.8) is 0 Å².